The minimum atomic E-state index is -0.0419. The summed E-state index contributed by atoms with van der Waals surface area (Å²) in [7, 11) is 0. The van der Waals surface area contributed by atoms with Gasteiger partial charge in [0.1, 0.15) is 0 Å². The first-order chi connectivity index (χ1) is 11.4. The predicted molar refractivity (Wildman–Crippen MR) is 99.7 cm³/mol. The van der Waals surface area contributed by atoms with Gasteiger partial charge in [0.25, 0.3) is 0 Å². The Hall–Kier alpha value is -0.590. The van der Waals surface area contributed by atoms with Crippen LogP contribution >= 0.6 is 0 Å². The quantitative estimate of drug-likeness (QED) is 0.525. The highest BCUT2D eigenvalue weighted by Gasteiger charge is 2.60. The maximum atomic E-state index is 13.2. The van der Waals surface area contributed by atoms with E-state index in [0.717, 1.165) is 30.6 Å². The molecule has 4 rings (SSSR count). The Labute approximate surface area is 148 Å². The van der Waals surface area contributed by atoms with Crippen LogP contribution < -0.4 is 0 Å². The van der Waals surface area contributed by atoms with Crippen LogP contribution in [0.1, 0.15) is 85.5 Å². The first kappa shape index (κ1) is 16.9. The van der Waals surface area contributed by atoms with E-state index in [0.29, 0.717) is 23.0 Å². The van der Waals surface area contributed by atoms with Crippen LogP contribution in [0.15, 0.2) is 11.6 Å². The molecule has 0 saturated heterocycles. The summed E-state index contributed by atoms with van der Waals surface area (Å²) in [5.74, 6) is 4.31. The van der Waals surface area contributed by atoms with E-state index in [-0.39, 0.29) is 5.41 Å². The van der Waals surface area contributed by atoms with Gasteiger partial charge < -0.3 is 0 Å². The number of rotatable bonds is 1. The second kappa shape index (κ2) is 5.71. The Morgan fingerprint density at radius 3 is 2.54 bits per heavy atom. The zero-order chi connectivity index (χ0) is 17.1. The monoisotopic (exact) mass is 328 g/mol. The van der Waals surface area contributed by atoms with Crippen molar-refractivity contribution in [2.24, 2.45) is 40.4 Å². The molecule has 4 saturated carbocycles. The number of fused-ring (bicyclic) bond motifs is 5. The molecular weight excluding hydrogens is 292 g/mol. The molecule has 0 heterocycles. The molecule has 0 N–H and O–H groups in total. The lowest BCUT2D eigenvalue weighted by Crippen LogP contribution is -2.52. The summed E-state index contributed by atoms with van der Waals surface area (Å²) in [4.78, 5) is 13.2. The smallest absolute Gasteiger partial charge is 0.164 e. The number of allylic oxidation sites excluding steroid dienone is 2. The van der Waals surface area contributed by atoms with Crippen molar-refractivity contribution in [1.82, 2.24) is 0 Å². The van der Waals surface area contributed by atoms with Gasteiger partial charge in [0.2, 0.25) is 0 Å². The molecule has 0 aromatic rings. The number of hydrogen-bond acceptors (Lipinski definition) is 1. The van der Waals surface area contributed by atoms with Crippen LogP contribution in [0.2, 0.25) is 0 Å². The number of carbonyl (C=O) groups excluding carboxylic acids is 1. The first-order valence-corrected chi connectivity index (χ1v) is 10.6. The van der Waals surface area contributed by atoms with Gasteiger partial charge in [-0.05, 0) is 85.5 Å². The van der Waals surface area contributed by atoms with E-state index >= 15 is 0 Å². The van der Waals surface area contributed by atoms with Gasteiger partial charge in [0.15, 0.2) is 5.78 Å². The Bertz CT molecular complexity index is 558. The maximum absolute atomic E-state index is 13.2. The van der Waals surface area contributed by atoms with Crippen molar-refractivity contribution in [3.8, 4) is 0 Å². The molecule has 0 unspecified atom stereocenters. The molecule has 1 nitrogen and oxygen atoms in total. The molecule has 0 aromatic heterocycles. The molecule has 134 valence electrons. The van der Waals surface area contributed by atoms with Crippen molar-refractivity contribution in [1.29, 1.82) is 0 Å². The van der Waals surface area contributed by atoms with Gasteiger partial charge in [0.05, 0.1) is 0 Å². The molecule has 4 aliphatic carbocycles. The molecule has 0 aromatic carbocycles. The molecule has 0 amide bonds. The third-order valence-corrected chi connectivity index (χ3v) is 8.76. The summed E-state index contributed by atoms with van der Waals surface area (Å²) in [6.07, 6.45) is 14.5. The summed E-state index contributed by atoms with van der Waals surface area (Å²) in [6.45, 7) is 9.36. The van der Waals surface area contributed by atoms with E-state index in [1.54, 1.807) is 0 Å². The van der Waals surface area contributed by atoms with E-state index in [1.807, 2.05) is 0 Å². The minimum Gasteiger partial charge on any atom is -0.294 e. The standard InChI is InChI=1S/C23H36O/c1-15(2)13-16-14-20-18-9-8-17-7-5-6-11-22(17,3)19(18)10-12-23(20,4)21(16)24/h13,15,17-20H,5-12,14H2,1-4H3/b16-13+/t17-,18-,19+,20-,22+,23+/m1/s1. The molecule has 4 fully saturated rings. The topological polar surface area (TPSA) is 17.1 Å². The van der Waals surface area contributed by atoms with E-state index < -0.39 is 0 Å². The molecule has 0 spiro atoms. The zero-order valence-corrected chi connectivity index (χ0v) is 16.2. The van der Waals surface area contributed by atoms with Crippen LogP contribution in [0.3, 0.4) is 0 Å². The molecule has 0 radical (unpaired) electrons. The fourth-order valence-electron chi connectivity index (χ4n) is 7.52. The number of hydrogen-bond donors (Lipinski definition) is 0. The molecule has 0 bridgehead atoms. The van der Waals surface area contributed by atoms with Gasteiger partial charge in [-0.1, -0.05) is 46.6 Å². The lowest BCUT2D eigenvalue weighted by Gasteiger charge is -2.59. The largest absolute Gasteiger partial charge is 0.294 e. The van der Waals surface area contributed by atoms with E-state index in [1.165, 1.54) is 50.5 Å². The summed E-state index contributed by atoms with van der Waals surface area (Å²) in [5.41, 5.74) is 1.71. The van der Waals surface area contributed by atoms with Gasteiger partial charge in [-0.25, -0.2) is 0 Å². The fourth-order valence-corrected chi connectivity index (χ4v) is 7.52. The minimum absolute atomic E-state index is 0.0419. The van der Waals surface area contributed by atoms with Crippen molar-refractivity contribution in [2.45, 2.75) is 85.5 Å². The van der Waals surface area contributed by atoms with E-state index in [9.17, 15) is 4.79 Å². The summed E-state index contributed by atoms with van der Waals surface area (Å²) in [5, 5.41) is 0. The third kappa shape index (κ3) is 2.29. The predicted octanol–water partition coefficient (Wildman–Crippen LogP) is 6.18. The fraction of sp³-hybridized carbons (Fsp3) is 0.870. The van der Waals surface area contributed by atoms with Crippen LogP contribution in [0.25, 0.3) is 0 Å². The zero-order valence-electron chi connectivity index (χ0n) is 16.2. The van der Waals surface area contributed by atoms with Crippen LogP contribution in [0, 0.1) is 40.4 Å². The molecule has 24 heavy (non-hydrogen) atoms. The Morgan fingerprint density at radius 2 is 1.79 bits per heavy atom. The summed E-state index contributed by atoms with van der Waals surface area (Å²) >= 11 is 0. The van der Waals surface area contributed by atoms with Crippen LogP contribution in [-0.4, -0.2) is 5.78 Å². The normalized spacial score (nSPS) is 49.9. The van der Waals surface area contributed by atoms with E-state index in [4.69, 9.17) is 0 Å². The van der Waals surface area contributed by atoms with Crippen LogP contribution in [-0.2, 0) is 4.79 Å². The van der Waals surface area contributed by atoms with Crippen molar-refractivity contribution in [3.63, 3.8) is 0 Å². The molecule has 4 aliphatic rings. The SMILES string of the molecule is CC(C)/C=C1\C[C@@H]2[C@@H]3CC[C@H]4CCCC[C@]4(C)[C@H]3CC[C@]2(C)C1=O. The summed E-state index contributed by atoms with van der Waals surface area (Å²) < 4.78 is 0. The molecular formula is C23H36O. The van der Waals surface area contributed by atoms with Gasteiger partial charge in [-0.15, -0.1) is 0 Å². The average molecular weight is 329 g/mol. The first-order valence-electron chi connectivity index (χ1n) is 10.6. The van der Waals surface area contributed by atoms with Crippen molar-refractivity contribution in [2.75, 3.05) is 0 Å². The van der Waals surface area contributed by atoms with Gasteiger partial charge in [-0.3, -0.25) is 4.79 Å². The van der Waals surface area contributed by atoms with Crippen LogP contribution in [0.5, 0.6) is 0 Å². The number of ketones is 1. The van der Waals surface area contributed by atoms with Gasteiger partial charge in [0, 0.05) is 5.41 Å². The van der Waals surface area contributed by atoms with Gasteiger partial charge >= 0.3 is 0 Å². The lowest BCUT2D eigenvalue weighted by molar-refractivity contribution is -0.137. The summed E-state index contributed by atoms with van der Waals surface area (Å²) in [6, 6.07) is 0. The average Bonchev–Trinajstić information content (AvgIpc) is 2.78. The Kier molecular flexibility index (Phi) is 4.01. The highest BCUT2D eigenvalue weighted by molar-refractivity contribution is 6.02. The maximum Gasteiger partial charge on any atom is 0.164 e. The number of carbonyl (C=O) groups is 1. The van der Waals surface area contributed by atoms with E-state index in [2.05, 4.69) is 33.8 Å². The van der Waals surface area contributed by atoms with Crippen molar-refractivity contribution >= 4 is 5.78 Å². The Balaban J connectivity index is 1.65. The molecule has 0 aliphatic heterocycles. The lowest BCUT2D eigenvalue weighted by atomic mass is 9.45. The Morgan fingerprint density at radius 1 is 1.00 bits per heavy atom. The van der Waals surface area contributed by atoms with Gasteiger partial charge in [-0.2, -0.15) is 0 Å². The third-order valence-electron chi connectivity index (χ3n) is 8.76. The van der Waals surface area contributed by atoms with Crippen molar-refractivity contribution < 1.29 is 4.79 Å². The molecule has 6 atom stereocenters. The number of Topliss-reactive ketones (excluding diaryl/α,β-unsaturated/α-hetero) is 1. The highest BCUT2D eigenvalue weighted by Crippen LogP contribution is 2.66. The highest BCUT2D eigenvalue weighted by atomic mass is 16.1. The second-order valence-electron chi connectivity index (χ2n) is 10.3. The second-order valence-corrected chi connectivity index (χ2v) is 10.3. The molecule has 1 heteroatoms. The van der Waals surface area contributed by atoms with Crippen LogP contribution in [0.4, 0.5) is 0 Å². The van der Waals surface area contributed by atoms with Crippen molar-refractivity contribution in [3.05, 3.63) is 11.6 Å².